The van der Waals surface area contributed by atoms with E-state index in [2.05, 4.69) is 5.32 Å². The Morgan fingerprint density at radius 2 is 1.41 bits per heavy atom. The van der Waals surface area contributed by atoms with Gasteiger partial charge < -0.3 is 9.47 Å². The topological polar surface area (TPSA) is 84.9 Å². The summed E-state index contributed by atoms with van der Waals surface area (Å²) in [6.07, 6.45) is 1.43. The number of nitrogens with one attached hydrogen (secondary N) is 1. The van der Waals surface area contributed by atoms with Gasteiger partial charge in [0.2, 0.25) is 0 Å². The zero-order valence-electron chi connectivity index (χ0n) is 23.1. The number of rotatable bonds is 8. The van der Waals surface area contributed by atoms with E-state index in [0.717, 1.165) is 26.8 Å². The molecular weight excluding hydrogens is 583 g/mol. The lowest BCUT2D eigenvalue weighted by molar-refractivity contribution is -0.122. The van der Waals surface area contributed by atoms with E-state index in [1.165, 1.54) is 18.2 Å². The largest absolute Gasteiger partial charge is 0.489 e. The van der Waals surface area contributed by atoms with Crippen molar-refractivity contribution < 1.29 is 28.2 Å². The number of hydrogen-bond donors (Lipinski definition) is 1. The fourth-order valence-corrected chi connectivity index (χ4v) is 4.89. The van der Waals surface area contributed by atoms with E-state index in [1.54, 1.807) is 54.6 Å². The number of ether oxygens (including phenoxy) is 2. The fourth-order valence-electron chi connectivity index (χ4n) is 4.77. The Hall–Kier alpha value is -5.47. The number of amides is 4. The van der Waals surface area contributed by atoms with Crippen molar-refractivity contribution in [3.63, 3.8) is 0 Å². The molecular formula is C35H24ClFN2O5. The van der Waals surface area contributed by atoms with Crippen LogP contribution in [-0.4, -0.2) is 17.8 Å². The van der Waals surface area contributed by atoms with Crippen LogP contribution in [0.2, 0.25) is 5.02 Å². The number of carbonyl (C=O) groups is 3. The summed E-state index contributed by atoms with van der Waals surface area (Å²) >= 11 is 5.94. The van der Waals surface area contributed by atoms with E-state index in [9.17, 15) is 18.8 Å². The van der Waals surface area contributed by atoms with Crippen LogP contribution in [0.4, 0.5) is 14.9 Å². The molecule has 0 aromatic heterocycles. The first-order valence-electron chi connectivity index (χ1n) is 13.6. The standard InChI is InChI=1S/C35H24ClFN2O5/c36-25-10-5-22(6-11-25)20-43-28-16-14-27(15-17-28)39-34(41)31(33(40)38-35(39)42)19-30-29-4-2-1-3-24(29)9-18-32(30)44-21-23-7-12-26(37)13-8-23/h1-19H,20-21H2,(H,38,40,42)/b31-19+. The molecule has 218 valence electrons. The zero-order chi connectivity index (χ0) is 30.6. The molecule has 7 nitrogen and oxygen atoms in total. The molecule has 0 unspecified atom stereocenters. The Morgan fingerprint density at radius 1 is 0.750 bits per heavy atom. The molecule has 5 aromatic rings. The molecule has 1 aliphatic heterocycles. The molecule has 0 bridgehead atoms. The molecule has 1 fully saturated rings. The molecule has 1 saturated heterocycles. The van der Waals surface area contributed by atoms with Crippen LogP contribution in [0.25, 0.3) is 16.8 Å². The highest BCUT2D eigenvalue weighted by Crippen LogP contribution is 2.33. The van der Waals surface area contributed by atoms with Crippen LogP contribution in [0, 0.1) is 5.82 Å². The van der Waals surface area contributed by atoms with Crippen molar-refractivity contribution in [3.05, 3.63) is 142 Å². The average Bonchev–Trinajstić information content (AvgIpc) is 3.03. The lowest BCUT2D eigenvalue weighted by Gasteiger charge is -2.26. The SMILES string of the molecule is O=C1NC(=O)N(c2ccc(OCc3ccc(Cl)cc3)cc2)C(=O)/C1=C/c1c(OCc2ccc(F)cc2)ccc2ccccc12. The lowest BCUT2D eigenvalue weighted by Crippen LogP contribution is -2.54. The number of benzene rings is 5. The third-order valence-corrected chi connectivity index (χ3v) is 7.29. The summed E-state index contributed by atoms with van der Waals surface area (Å²) in [6, 6.07) is 29.8. The van der Waals surface area contributed by atoms with Crippen molar-refractivity contribution >= 4 is 52.0 Å². The van der Waals surface area contributed by atoms with E-state index < -0.39 is 17.8 Å². The Labute approximate surface area is 257 Å². The van der Waals surface area contributed by atoms with Crippen LogP contribution in [0.15, 0.2) is 115 Å². The zero-order valence-corrected chi connectivity index (χ0v) is 23.9. The minimum Gasteiger partial charge on any atom is -0.489 e. The number of imide groups is 2. The van der Waals surface area contributed by atoms with Gasteiger partial charge in [0.1, 0.15) is 36.1 Å². The summed E-state index contributed by atoms with van der Waals surface area (Å²) in [7, 11) is 0. The highest BCUT2D eigenvalue weighted by atomic mass is 35.5. The third kappa shape index (κ3) is 6.16. The summed E-state index contributed by atoms with van der Waals surface area (Å²) < 4.78 is 25.3. The van der Waals surface area contributed by atoms with E-state index in [1.807, 2.05) is 42.5 Å². The summed E-state index contributed by atoms with van der Waals surface area (Å²) in [5.41, 5.74) is 2.17. The van der Waals surface area contributed by atoms with Gasteiger partial charge in [-0.15, -0.1) is 0 Å². The minimum absolute atomic E-state index is 0.131. The van der Waals surface area contributed by atoms with Gasteiger partial charge >= 0.3 is 6.03 Å². The van der Waals surface area contributed by atoms with Crippen molar-refractivity contribution in [2.24, 2.45) is 0 Å². The van der Waals surface area contributed by atoms with Gasteiger partial charge in [0, 0.05) is 10.6 Å². The number of carbonyl (C=O) groups excluding carboxylic acids is 3. The van der Waals surface area contributed by atoms with Gasteiger partial charge in [-0.1, -0.05) is 66.2 Å². The molecule has 0 saturated carbocycles. The van der Waals surface area contributed by atoms with Gasteiger partial charge in [0.15, 0.2) is 0 Å². The molecule has 0 aliphatic carbocycles. The predicted octanol–water partition coefficient (Wildman–Crippen LogP) is 7.46. The second-order valence-corrected chi connectivity index (χ2v) is 10.4. The Morgan fingerprint density at radius 3 is 2.14 bits per heavy atom. The smallest absolute Gasteiger partial charge is 0.335 e. The molecule has 5 aromatic carbocycles. The first kappa shape index (κ1) is 28.6. The monoisotopic (exact) mass is 606 g/mol. The molecule has 1 aliphatic rings. The van der Waals surface area contributed by atoms with Crippen molar-refractivity contribution in [3.8, 4) is 11.5 Å². The summed E-state index contributed by atoms with van der Waals surface area (Å²) in [5, 5.41) is 4.49. The van der Waals surface area contributed by atoms with Crippen molar-refractivity contribution in [2.45, 2.75) is 13.2 Å². The predicted molar refractivity (Wildman–Crippen MR) is 166 cm³/mol. The number of barbiturate groups is 1. The molecule has 0 spiro atoms. The summed E-state index contributed by atoms with van der Waals surface area (Å²) in [4.78, 5) is 40.4. The van der Waals surface area contributed by atoms with Crippen LogP contribution in [0.3, 0.4) is 0 Å². The van der Waals surface area contributed by atoms with Crippen molar-refractivity contribution in [1.82, 2.24) is 5.32 Å². The highest BCUT2D eigenvalue weighted by Gasteiger charge is 2.37. The first-order chi connectivity index (χ1) is 21.4. The number of halogens is 2. The van der Waals surface area contributed by atoms with E-state index in [4.69, 9.17) is 21.1 Å². The van der Waals surface area contributed by atoms with E-state index in [-0.39, 0.29) is 23.7 Å². The maximum absolute atomic E-state index is 13.7. The number of fused-ring (bicyclic) bond motifs is 1. The van der Waals surface area contributed by atoms with Crippen LogP contribution < -0.4 is 19.7 Å². The Kier molecular flexibility index (Phi) is 8.08. The van der Waals surface area contributed by atoms with Crippen LogP contribution in [-0.2, 0) is 22.8 Å². The first-order valence-corrected chi connectivity index (χ1v) is 14.0. The normalized spacial score (nSPS) is 14.2. The number of hydrogen-bond acceptors (Lipinski definition) is 5. The molecule has 1 N–H and O–H groups in total. The van der Waals surface area contributed by atoms with Gasteiger partial charge in [0.25, 0.3) is 11.8 Å². The average molecular weight is 607 g/mol. The second-order valence-electron chi connectivity index (χ2n) is 9.98. The van der Waals surface area contributed by atoms with E-state index >= 15 is 0 Å². The van der Waals surface area contributed by atoms with Gasteiger partial charge in [-0.2, -0.15) is 0 Å². The van der Waals surface area contributed by atoms with Crippen molar-refractivity contribution in [2.75, 3.05) is 4.90 Å². The second kappa shape index (κ2) is 12.4. The highest BCUT2D eigenvalue weighted by molar-refractivity contribution is 6.39. The molecule has 1 heterocycles. The van der Waals surface area contributed by atoms with Gasteiger partial charge in [-0.3, -0.25) is 14.9 Å². The fraction of sp³-hybridized carbons (Fsp3) is 0.0571. The Balaban J connectivity index is 1.28. The summed E-state index contributed by atoms with van der Waals surface area (Å²) in [5.74, 6) is -1.03. The maximum atomic E-state index is 13.7. The molecule has 6 rings (SSSR count). The van der Waals surface area contributed by atoms with E-state index in [0.29, 0.717) is 28.7 Å². The minimum atomic E-state index is -0.863. The maximum Gasteiger partial charge on any atom is 0.335 e. The number of nitrogens with zero attached hydrogens (tertiary/aromatic N) is 1. The van der Waals surface area contributed by atoms with Crippen LogP contribution in [0.5, 0.6) is 11.5 Å². The van der Waals surface area contributed by atoms with Gasteiger partial charge in [-0.05, 0) is 82.6 Å². The summed E-state index contributed by atoms with van der Waals surface area (Å²) in [6.45, 7) is 0.434. The van der Waals surface area contributed by atoms with Crippen molar-refractivity contribution in [1.29, 1.82) is 0 Å². The van der Waals surface area contributed by atoms with Crippen LogP contribution >= 0.6 is 11.6 Å². The lowest BCUT2D eigenvalue weighted by atomic mass is 9.99. The van der Waals surface area contributed by atoms with Gasteiger partial charge in [-0.25, -0.2) is 14.1 Å². The molecule has 0 radical (unpaired) electrons. The number of anilines is 1. The molecule has 0 atom stereocenters. The molecule has 9 heteroatoms. The number of urea groups is 1. The quantitative estimate of drug-likeness (QED) is 0.146. The van der Waals surface area contributed by atoms with Crippen LogP contribution in [0.1, 0.15) is 16.7 Å². The molecule has 4 amide bonds. The molecule has 44 heavy (non-hydrogen) atoms. The van der Waals surface area contributed by atoms with Gasteiger partial charge in [0.05, 0.1) is 5.69 Å². The Bertz CT molecular complexity index is 1910. The third-order valence-electron chi connectivity index (χ3n) is 7.04.